The van der Waals surface area contributed by atoms with Crippen LogP contribution in [0.15, 0.2) is 12.1 Å². The summed E-state index contributed by atoms with van der Waals surface area (Å²) in [5.41, 5.74) is 2.43. The van der Waals surface area contributed by atoms with Crippen LogP contribution < -0.4 is 9.47 Å². The van der Waals surface area contributed by atoms with E-state index in [2.05, 4.69) is 18.1 Å². The molecule has 0 spiro atoms. The van der Waals surface area contributed by atoms with Crippen LogP contribution in [0.1, 0.15) is 56.6 Å². The summed E-state index contributed by atoms with van der Waals surface area (Å²) in [6.07, 6.45) is 10.9. The van der Waals surface area contributed by atoms with Gasteiger partial charge in [-0.05, 0) is 80.6 Å². The molecule has 1 aromatic rings. The SMILES string of the molecule is CCOCOC#Cc1cc(C23CC4CC(CC(C4)C2)C3)c(OC)cc1OC. The van der Waals surface area contributed by atoms with Gasteiger partial charge in [-0.1, -0.05) is 0 Å². The zero-order valence-corrected chi connectivity index (χ0v) is 16.7. The summed E-state index contributed by atoms with van der Waals surface area (Å²) < 4.78 is 21.8. The average molecular weight is 370 g/mol. The fourth-order valence-corrected chi connectivity index (χ4v) is 6.10. The third-order valence-electron chi connectivity index (χ3n) is 6.74. The second-order valence-corrected chi connectivity index (χ2v) is 8.43. The molecule has 0 aromatic heterocycles. The maximum Gasteiger partial charge on any atom is 0.199 e. The van der Waals surface area contributed by atoms with Gasteiger partial charge in [0.05, 0.1) is 19.8 Å². The van der Waals surface area contributed by atoms with E-state index in [1.165, 1.54) is 44.1 Å². The monoisotopic (exact) mass is 370 g/mol. The third kappa shape index (κ3) is 3.50. The Labute approximate surface area is 162 Å². The molecule has 0 saturated heterocycles. The number of ether oxygens (including phenoxy) is 4. The van der Waals surface area contributed by atoms with Crippen LogP contribution in [0.2, 0.25) is 0 Å². The standard InChI is InChI=1S/C23H30O4/c1-4-26-15-27-6-5-19-10-20(22(25-3)11-21(19)24-2)23-12-16-7-17(13-23)9-18(8-16)14-23/h10-11,16-18H,4,7-9,12-15H2,1-3H3. The first-order valence-electron chi connectivity index (χ1n) is 10.1. The minimum Gasteiger partial charge on any atom is -0.496 e. The van der Waals surface area contributed by atoms with Crippen molar-refractivity contribution in [1.29, 1.82) is 0 Å². The van der Waals surface area contributed by atoms with Crippen LogP contribution in [0.25, 0.3) is 0 Å². The molecule has 4 fully saturated rings. The molecule has 5 rings (SSSR count). The zero-order valence-electron chi connectivity index (χ0n) is 16.7. The molecule has 4 heteroatoms. The van der Waals surface area contributed by atoms with E-state index in [4.69, 9.17) is 18.9 Å². The molecule has 146 valence electrons. The Hall–Kier alpha value is -1.86. The van der Waals surface area contributed by atoms with Gasteiger partial charge in [0.15, 0.2) is 6.79 Å². The first kappa shape index (κ1) is 18.5. The molecular weight excluding hydrogens is 340 g/mol. The van der Waals surface area contributed by atoms with Crippen molar-refractivity contribution in [3.05, 3.63) is 23.3 Å². The van der Waals surface area contributed by atoms with Crippen molar-refractivity contribution in [2.24, 2.45) is 17.8 Å². The van der Waals surface area contributed by atoms with Gasteiger partial charge in [0.25, 0.3) is 0 Å². The summed E-state index contributed by atoms with van der Waals surface area (Å²) in [4.78, 5) is 0. The first-order chi connectivity index (χ1) is 13.2. The Morgan fingerprint density at radius 3 is 2.15 bits per heavy atom. The molecule has 0 aliphatic heterocycles. The maximum atomic E-state index is 5.81. The van der Waals surface area contributed by atoms with Crippen molar-refractivity contribution in [3.63, 3.8) is 0 Å². The molecule has 4 aliphatic rings. The highest BCUT2D eigenvalue weighted by Crippen LogP contribution is 2.62. The Morgan fingerprint density at radius 1 is 0.963 bits per heavy atom. The molecule has 4 nitrogen and oxygen atoms in total. The van der Waals surface area contributed by atoms with Gasteiger partial charge in [-0.15, -0.1) is 0 Å². The number of benzene rings is 1. The van der Waals surface area contributed by atoms with Crippen LogP contribution in [0, 0.1) is 29.8 Å². The Balaban J connectivity index is 1.68. The van der Waals surface area contributed by atoms with Crippen LogP contribution in [-0.2, 0) is 14.9 Å². The van der Waals surface area contributed by atoms with Crippen molar-refractivity contribution in [3.8, 4) is 23.5 Å². The summed E-state index contributed by atoms with van der Waals surface area (Å²) >= 11 is 0. The molecule has 0 N–H and O–H groups in total. The molecule has 1 aromatic carbocycles. The maximum absolute atomic E-state index is 5.81. The lowest BCUT2D eigenvalue weighted by Gasteiger charge is -2.57. The van der Waals surface area contributed by atoms with E-state index < -0.39 is 0 Å². The van der Waals surface area contributed by atoms with Crippen LogP contribution in [0.4, 0.5) is 0 Å². The van der Waals surface area contributed by atoms with Crippen LogP contribution in [-0.4, -0.2) is 27.6 Å². The van der Waals surface area contributed by atoms with Gasteiger partial charge in [0, 0.05) is 18.2 Å². The second kappa shape index (κ2) is 7.64. The van der Waals surface area contributed by atoms with E-state index in [9.17, 15) is 0 Å². The largest absolute Gasteiger partial charge is 0.496 e. The highest BCUT2D eigenvalue weighted by Gasteiger charge is 2.52. The molecular formula is C23H30O4. The summed E-state index contributed by atoms with van der Waals surface area (Å²) in [5, 5.41) is 0. The van der Waals surface area contributed by atoms with Crippen LogP contribution >= 0.6 is 0 Å². The highest BCUT2D eigenvalue weighted by molar-refractivity contribution is 5.56. The summed E-state index contributed by atoms with van der Waals surface area (Å²) in [7, 11) is 3.43. The fraction of sp³-hybridized carbons (Fsp3) is 0.652. The number of hydrogen-bond donors (Lipinski definition) is 0. The Bertz CT molecular complexity index is 707. The van der Waals surface area contributed by atoms with Crippen molar-refractivity contribution in [2.45, 2.75) is 50.9 Å². The van der Waals surface area contributed by atoms with E-state index >= 15 is 0 Å². The van der Waals surface area contributed by atoms with Gasteiger partial charge in [-0.25, -0.2) is 0 Å². The molecule has 0 unspecified atom stereocenters. The van der Waals surface area contributed by atoms with Gasteiger partial charge in [-0.3, -0.25) is 0 Å². The first-order valence-corrected chi connectivity index (χ1v) is 10.1. The molecule has 0 amide bonds. The lowest BCUT2D eigenvalue weighted by molar-refractivity contribution is -0.00620. The smallest absolute Gasteiger partial charge is 0.199 e. The van der Waals surface area contributed by atoms with E-state index in [1.54, 1.807) is 14.2 Å². The fourth-order valence-electron chi connectivity index (χ4n) is 6.10. The minimum atomic E-state index is 0.184. The Kier molecular flexibility index (Phi) is 5.23. The van der Waals surface area contributed by atoms with Gasteiger partial charge < -0.3 is 18.9 Å². The van der Waals surface area contributed by atoms with Gasteiger partial charge in [0.2, 0.25) is 0 Å². The molecule has 0 heterocycles. The molecule has 4 bridgehead atoms. The Morgan fingerprint density at radius 2 is 1.59 bits per heavy atom. The molecule has 0 radical (unpaired) electrons. The van der Waals surface area contributed by atoms with Crippen molar-refractivity contribution < 1.29 is 18.9 Å². The van der Waals surface area contributed by atoms with E-state index in [1.807, 2.05) is 13.0 Å². The van der Waals surface area contributed by atoms with E-state index in [0.29, 0.717) is 6.61 Å². The average Bonchev–Trinajstić information content (AvgIpc) is 2.66. The van der Waals surface area contributed by atoms with Crippen molar-refractivity contribution >= 4 is 0 Å². The van der Waals surface area contributed by atoms with Crippen molar-refractivity contribution in [2.75, 3.05) is 27.6 Å². The third-order valence-corrected chi connectivity index (χ3v) is 6.74. The van der Waals surface area contributed by atoms with Crippen LogP contribution in [0.5, 0.6) is 11.5 Å². The predicted octanol–water partition coefficient (Wildman–Crippen LogP) is 4.49. The molecule has 27 heavy (non-hydrogen) atoms. The highest BCUT2D eigenvalue weighted by atomic mass is 16.7. The quantitative estimate of drug-likeness (QED) is 0.420. The summed E-state index contributed by atoms with van der Waals surface area (Å²) in [5.74, 6) is 7.43. The summed E-state index contributed by atoms with van der Waals surface area (Å²) in [6.45, 7) is 2.73. The lowest BCUT2D eigenvalue weighted by atomic mass is 9.48. The number of rotatable bonds is 6. The van der Waals surface area contributed by atoms with Gasteiger partial charge >= 0.3 is 0 Å². The molecule has 0 atom stereocenters. The van der Waals surface area contributed by atoms with Crippen molar-refractivity contribution in [1.82, 2.24) is 0 Å². The topological polar surface area (TPSA) is 36.9 Å². The lowest BCUT2D eigenvalue weighted by Crippen LogP contribution is -2.48. The minimum absolute atomic E-state index is 0.184. The van der Waals surface area contributed by atoms with E-state index in [-0.39, 0.29) is 12.2 Å². The number of hydrogen-bond acceptors (Lipinski definition) is 4. The van der Waals surface area contributed by atoms with E-state index in [0.717, 1.165) is 34.8 Å². The normalized spacial score (nSPS) is 30.6. The zero-order chi connectivity index (χ0) is 18.9. The molecule has 4 saturated carbocycles. The van der Waals surface area contributed by atoms with Gasteiger partial charge in [0.1, 0.15) is 17.6 Å². The van der Waals surface area contributed by atoms with Crippen LogP contribution in [0.3, 0.4) is 0 Å². The van der Waals surface area contributed by atoms with Gasteiger partial charge in [-0.2, -0.15) is 0 Å². The molecule has 4 aliphatic carbocycles. The predicted molar refractivity (Wildman–Crippen MR) is 104 cm³/mol. The second-order valence-electron chi connectivity index (χ2n) is 8.43. The summed E-state index contributed by atoms with van der Waals surface area (Å²) in [6, 6.07) is 4.20. The number of methoxy groups -OCH3 is 2.